The fourth-order valence-electron chi connectivity index (χ4n) is 2.20. The van der Waals surface area contributed by atoms with Crippen molar-refractivity contribution >= 4 is 36.0 Å². The van der Waals surface area contributed by atoms with Gasteiger partial charge >= 0.3 is 6.09 Å². The van der Waals surface area contributed by atoms with Crippen molar-refractivity contribution in [1.29, 1.82) is 0 Å². The second-order valence-corrected chi connectivity index (χ2v) is 6.33. The van der Waals surface area contributed by atoms with Crippen LogP contribution in [0.4, 0.5) is 4.79 Å². The first kappa shape index (κ1) is 21.3. The fourth-order valence-corrected chi connectivity index (χ4v) is 2.20. The van der Waals surface area contributed by atoms with Crippen molar-refractivity contribution in [3.05, 3.63) is 0 Å². The van der Waals surface area contributed by atoms with E-state index >= 15 is 0 Å². The van der Waals surface area contributed by atoms with Gasteiger partial charge in [-0.3, -0.25) is 4.99 Å². The Morgan fingerprint density at radius 3 is 2.36 bits per heavy atom. The highest BCUT2D eigenvalue weighted by Crippen LogP contribution is 2.19. The maximum absolute atomic E-state index is 12.0. The van der Waals surface area contributed by atoms with Gasteiger partial charge in [0.1, 0.15) is 5.60 Å². The van der Waals surface area contributed by atoms with Gasteiger partial charge in [0.2, 0.25) is 0 Å². The van der Waals surface area contributed by atoms with E-state index in [1.54, 1.807) is 4.90 Å². The molecule has 7 heteroatoms. The number of halogens is 1. The van der Waals surface area contributed by atoms with Gasteiger partial charge in [-0.15, -0.1) is 24.0 Å². The Labute approximate surface area is 151 Å². The summed E-state index contributed by atoms with van der Waals surface area (Å²) in [5.41, 5.74) is -0.434. The lowest BCUT2D eigenvalue weighted by molar-refractivity contribution is 0.0289. The molecule has 0 aliphatic carbocycles. The number of rotatable bonds is 4. The van der Waals surface area contributed by atoms with Crippen LogP contribution in [0.25, 0.3) is 0 Å². The average molecular weight is 426 g/mol. The lowest BCUT2D eigenvalue weighted by atomic mass is 10.1. The molecule has 0 radical (unpaired) electrons. The van der Waals surface area contributed by atoms with Gasteiger partial charge < -0.3 is 20.3 Å². The van der Waals surface area contributed by atoms with Crippen LogP contribution in [0.15, 0.2) is 4.99 Å². The first-order valence-corrected chi connectivity index (χ1v) is 7.85. The van der Waals surface area contributed by atoms with Crippen LogP contribution in [0, 0.1) is 5.92 Å². The standard InChI is InChI=1S/C15H30N4O2.HI/c1-6-16-13(17-7-2)18-10-12-8-9-19(11-12)14(20)21-15(3,4)5;/h12H,6-11H2,1-5H3,(H2,16,17,18);1H. The Morgan fingerprint density at radius 2 is 1.86 bits per heavy atom. The number of hydrogen-bond acceptors (Lipinski definition) is 3. The smallest absolute Gasteiger partial charge is 0.410 e. The van der Waals surface area contributed by atoms with E-state index in [1.807, 2.05) is 34.6 Å². The van der Waals surface area contributed by atoms with E-state index in [4.69, 9.17) is 4.74 Å². The summed E-state index contributed by atoms with van der Waals surface area (Å²) in [4.78, 5) is 18.3. The molecule has 0 spiro atoms. The largest absolute Gasteiger partial charge is 0.444 e. The number of likely N-dealkylation sites (tertiary alicyclic amines) is 1. The van der Waals surface area contributed by atoms with Crippen molar-refractivity contribution in [3.8, 4) is 0 Å². The topological polar surface area (TPSA) is 66.0 Å². The number of guanidine groups is 1. The molecule has 0 aromatic carbocycles. The van der Waals surface area contributed by atoms with E-state index in [2.05, 4.69) is 15.6 Å². The van der Waals surface area contributed by atoms with Crippen LogP contribution < -0.4 is 10.6 Å². The van der Waals surface area contributed by atoms with Crippen LogP contribution in [0.2, 0.25) is 0 Å². The zero-order valence-corrected chi connectivity index (χ0v) is 16.8. The molecule has 1 amide bonds. The molecular formula is C15H31IN4O2. The molecule has 2 N–H and O–H groups in total. The number of carbonyl (C=O) groups excluding carboxylic acids is 1. The van der Waals surface area contributed by atoms with Crippen LogP contribution in [0.5, 0.6) is 0 Å². The molecule has 22 heavy (non-hydrogen) atoms. The van der Waals surface area contributed by atoms with Gasteiger partial charge in [-0.25, -0.2) is 4.79 Å². The van der Waals surface area contributed by atoms with Gasteiger partial charge in [-0.1, -0.05) is 0 Å². The third kappa shape index (κ3) is 8.05. The van der Waals surface area contributed by atoms with Crippen LogP contribution in [-0.2, 0) is 4.74 Å². The maximum Gasteiger partial charge on any atom is 0.410 e. The molecule has 1 rings (SSSR count). The summed E-state index contributed by atoms with van der Waals surface area (Å²) in [6.45, 7) is 13.7. The molecule has 6 nitrogen and oxygen atoms in total. The van der Waals surface area contributed by atoms with Crippen LogP contribution >= 0.6 is 24.0 Å². The van der Waals surface area contributed by atoms with Gasteiger partial charge in [0.25, 0.3) is 0 Å². The summed E-state index contributed by atoms with van der Waals surface area (Å²) < 4.78 is 5.40. The quantitative estimate of drug-likeness (QED) is 0.412. The Morgan fingerprint density at radius 1 is 1.27 bits per heavy atom. The molecule has 0 bridgehead atoms. The number of carbonyl (C=O) groups is 1. The zero-order chi connectivity index (χ0) is 15.9. The predicted octanol–water partition coefficient (Wildman–Crippen LogP) is 2.44. The summed E-state index contributed by atoms with van der Waals surface area (Å²) in [6, 6.07) is 0. The molecule has 0 aromatic heterocycles. The first-order chi connectivity index (χ1) is 9.85. The highest BCUT2D eigenvalue weighted by Gasteiger charge is 2.29. The Bertz CT molecular complexity index is 361. The van der Waals surface area contributed by atoms with E-state index in [-0.39, 0.29) is 30.1 Å². The summed E-state index contributed by atoms with van der Waals surface area (Å²) in [6.07, 6.45) is 0.765. The molecule has 1 aliphatic rings. The summed E-state index contributed by atoms with van der Waals surface area (Å²) in [5, 5.41) is 6.41. The second kappa shape index (κ2) is 10.1. The molecule has 1 fully saturated rings. The monoisotopic (exact) mass is 426 g/mol. The van der Waals surface area contributed by atoms with Crippen molar-refractivity contribution < 1.29 is 9.53 Å². The molecule has 1 heterocycles. The predicted molar refractivity (Wildman–Crippen MR) is 101 cm³/mol. The number of ether oxygens (including phenoxy) is 1. The van der Waals surface area contributed by atoms with E-state index in [1.165, 1.54) is 0 Å². The maximum atomic E-state index is 12.0. The van der Waals surface area contributed by atoms with Crippen molar-refractivity contribution in [2.45, 2.75) is 46.6 Å². The Hall–Kier alpha value is -0.730. The molecule has 130 valence electrons. The number of aliphatic imine (C=N–C) groups is 1. The third-order valence-electron chi connectivity index (χ3n) is 3.13. The molecule has 1 atom stereocenters. The van der Waals surface area contributed by atoms with Crippen LogP contribution in [0.3, 0.4) is 0 Å². The Balaban J connectivity index is 0.00000441. The molecule has 1 unspecified atom stereocenters. The third-order valence-corrected chi connectivity index (χ3v) is 3.13. The van der Waals surface area contributed by atoms with Gasteiger partial charge in [-0.2, -0.15) is 0 Å². The normalized spacial score (nSPS) is 17.5. The zero-order valence-electron chi connectivity index (χ0n) is 14.4. The van der Waals surface area contributed by atoms with E-state index in [0.717, 1.165) is 45.1 Å². The van der Waals surface area contributed by atoms with Crippen molar-refractivity contribution in [2.75, 3.05) is 32.7 Å². The van der Waals surface area contributed by atoms with E-state index in [9.17, 15) is 4.79 Å². The van der Waals surface area contributed by atoms with Gasteiger partial charge in [0.05, 0.1) is 0 Å². The summed E-state index contributed by atoms with van der Waals surface area (Å²) in [7, 11) is 0. The van der Waals surface area contributed by atoms with Crippen molar-refractivity contribution in [1.82, 2.24) is 15.5 Å². The highest BCUT2D eigenvalue weighted by atomic mass is 127. The number of nitrogens with one attached hydrogen (secondary N) is 2. The first-order valence-electron chi connectivity index (χ1n) is 7.85. The van der Waals surface area contributed by atoms with Crippen molar-refractivity contribution in [3.63, 3.8) is 0 Å². The minimum atomic E-state index is -0.434. The van der Waals surface area contributed by atoms with Gasteiger partial charge in [0, 0.05) is 32.7 Å². The minimum absolute atomic E-state index is 0. The van der Waals surface area contributed by atoms with Crippen molar-refractivity contribution in [2.24, 2.45) is 10.9 Å². The van der Waals surface area contributed by atoms with Gasteiger partial charge in [0.15, 0.2) is 5.96 Å². The number of nitrogens with zero attached hydrogens (tertiary/aromatic N) is 2. The van der Waals surface area contributed by atoms with E-state index < -0.39 is 5.60 Å². The molecule has 0 aromatic rings. The SMILES string of the molecule is CCNC(=NCC1CCN(C(=O)OC(C)(C)C)C1)NCC.I. The average Bonchev–Trinajstić information content (AvgIpc) is 2.83. The lowest BCUT2D eigenvalue weighted by Crippen LogP contribution is -2.37. The van der Waals surface area contributed by atoms with E-state index in [0.29, 0.717) is 5.92 Å². The molecule has 0 saturated carbocycles. The minimum Gasteiger partial charge on any atom is -0.444 e. The highest BCUT2D eigenvalue weighted by molar-refractivity contribution is 14.0. The van der Waals surface area contributed by atoms with Crippen LogP contribution in [0.1, 0.15) is 41.0 Å². The van der Waals surface area contributed by atoms with Gasteiger partial charge in [-0.05, 0) is 47.0 Å². The number of amides is 1. The lowest BCUT2D eigenvalue weighted by Gasteiger charge is -2.24. The fraction of sp³-hybridized carbons (Fsp3) is 0.867. The summed E-state index contributed by atoms with van der Waals surface area (Å²) >= 11 is 0. The number of hydrogen-bond donors (Lipinski definition) is 2. The molecular weight excluding hydrogens is 395 g/mol. The Kier molecular flexibility index (Phi) is 9.79. The second-order valence-electron chi connectivity index (χ2n) is 6.33. The molecule has 1 saturated heterocycles. The van der Waals surface area contributed by atoms with Crippen LogP contribution in [-0.4, -0.2) is 55.3 Å². The molecule has 1 aliphatic heterocycles. The summed E-state index contributed by atoms with van der Waals surface area (Å²) in [5.74, 6) is 1.25.